The lowest BCUT2D eigenvalue weighted by atomic mass is 10.0. The van der Waals surface area contributed by atoms with Crippen molar-refractivity contribution < 1.29 is 17.6 Å². The molecule has 2 rings (SSSR count). The van der Waals surface area contributed by atoms with Gasteiger partial charge in [-0.05, 0) is 37.8 Å². The third-order valence-electron chi connectivity index (χ3n) is 4.26. The summed E-state index contributed by atoms with van der Waals surface area (Å²) in [6.45, 7) is 9.78. The van der Waals surface area contributed by atoms with E-state index in [-0.39, 0.29) is 10.8 Å². The van der Waals surface area contributed by atoms with Gasteiger partial charge in [0.15, 0.2) is 5.82 Å². The van der Waals surface area contributed by atoms with Gasteiger partial charge in [-0.15, -0.1) is 5.10 Å². The number of aromatic nitrogens is 2. The average Bonchev–Trinajstić information content (AvgIpc) is 2.98. The van der Waals surface area contributed by atoms with Crippen LogP contribution in [0.1, 0.15) is 44.7 Å². The normalized spacial score (nSPS) is 11.8. The first kappa shape index (κ1) is 20.1. The van der Waals surface area contributed by atoms with Crippen molar-refractivity contribution >= 4 is 15.9 Å². The molecule has 0 aliphatic rings. The van der Waals surface area contributed by atoms with E-state index in [0.717, 1.165) is 10.9 Å². The van der Waals surface area contributed by atoms with Crippen LogP contribution in [0, 0.1) is 12.7 Å². The minimum atomic E-state index is -4.21. The third kappa shape index (κ3) is 3.51. The van der Waals surface area contributed by atoms with E-state index in [9.17, 15) is 17.6 Å². The highest BCUT2D eigenvalue weighted by Crippen LogP contribution is 2.31. The Morgan fingerprint density at radius 3 is 2.42 bits per heavy atom. The third-order valence-corrected chi connectivity index (χ3v) is 6.14. The van der Waals surface area contributed by atoms with Gasteiger partial charge in [0, 0.05) is 13.1 Å². The van der Waals surface area contributed by atoms with Gasteiger partial charge in [-0.2, -0.15) is 4.68 Å². The second-order valence-corrected chi connectivity index (χ2v) is 8.13. The predicted octanol–water partition coefficient (Wildman–Crippen LogP) is 3.60. The molecule has 0 N–H and O–H groups in total. The van der Waals surface area contributed by atoms with Crippen molar-refractivity contribution in [2.24, 2.45) is 0 Å². The van der Waals surface area contributed by atoms with Gasteiger partial charge in [0.1, 0.15) is 0 Å². The summed E-state index contributed by atoms with van der Waals surface area (Å²) in [6, 6.07) is 4.57. The molecule has 1 heterocycles. The fourth-order valence-electron chi connectivity index (χ4n) is 2.85. The van der Waals surface area contributed by atoms with Crippen LogP contribution in [0.2, 0.25) is 0 Å². The maximum atomic E-state index is 14.5. The van der Waals surface area contributed by atoms with Crippen LogP contribution in [-0.4, -0.2) is 42.2 Å². The summed E-state index contributed by atoms with van der Waals surface area (Å²) < 4.78 is 41.4. The van der Waals surface area contributed by atoms with Crippen molar-refractivity contribution in [2.45, 2.75) is 50.5 Å². The molecule has 0 spiro atoms. The van der Waals surface area contributed by atoms with Crippen LogP contribution in [0.3, 0.4) is 0 Å². The van der Waals surface area contributed by atoms with E-state index < -0.39 is 26.7 Å². The zero-order valence-corrected chi connectivity index (χ0v) is 16.5. The average molecular weight is 381 g/mol. The van der Waals surface area contributed by atoms with E-state index >= 15 is 0 Å². The molecule has 6 nitrogen and oxygen atoms in total. The van der Waals surface area contributed by atoms with Gasteiger partial charge in [-0.1, -0.05) is 32.0 Å². The number of carbonyl (C=O) groups excluding carboxylic acids is 1. The molecule has 1 aromatic carbocycles. The van der Waals surface area contributed by atoms with Crippen molar-refractivity contribution in [3.63, 3.8) is 0 Å². The molecule has 0 aliphatic heterocycles. The Kier molecular flexibility index (Phi) is 5.85. The van der Waals surface area contributed by atoms with Gasteiger partial charge in [0.25, 0.3) is 0 Å². The Bertz CT molecular complexity index is 916. The highest BCUT2D eigenvalue weighted by Gasteiger charge is 2.31. The number of rotatable bonds is 5. The molecule has 2 aromatic rings. The number of amides is 1. The van der Waals surface area contributed by atoms with Crippen LogP contribution in [0.4, 0.5) is 9.18 Å². The fraction of sp³-hybridized carbons (Fsp3) is 0.444. The molecule has 0 radical (unpaired) electrons. The molecule has 0 aliphatic carbocycles. The minimum absolute atomic E-state index is 0.0504. The lowest BCUT2D eigenvalue weighted by Crippen LogP contribution is -2.34. The largest absolute Gasteiger partial charge is 0.344 e. The van der Waals surface area contributed by atoms with Gasteiger partial charge in [-0.25, -0.2) is 17.6 Å². The molecule has 8 heteroatoms. The lowest BCUT2D eigenvalue weighted by molar-refractivity contribution is 0.201. The Morgan fingerprint density at radius 2 is 1.88 bits per heavy atom. The number of sulfone groups is 1. The zero-order valence-electron chi connectivity index (χ0n) is 15.7. The van der Waals surface area contributed by atoms with Crippen LogP contribution in [-0.2, 0) is 9.84 Å². The topological polar surface area (TPSA) is 72.3 Å². The molecule has 0 fully saturated rings. The van der Waals surface area contributed by atoms with E-state index in [1.54, 1.807) is 39.0 Å². The molecule has 142 valence electrons. The SMILES string of the molecule is CCN(CC)C(=O)n1cc(F)c(S(=O)(=O)c2c(C)cccc2C(C)C)n1. The zero-order chi connectivity index (χ0) is 19.6. The van der Waals surface area contributed by atoms with Crippen LogP contribution < -0.4 is 0 Å². The summed E-state index contributed by atoms with van der Waals surface area (Å²) in [6.07, 6.45) is 0.820. The van der Waals surface area contributed by atoms with Gasteiger partial charge in [-0.3, -0.25) is 0 Å². The number of halogens is 1. The first-order valence-electron chi connectivity index (χ1n) is 8.54. The van der Waals surface area contributed by atoms with Gasteiger partial charge in [0.2, 0.25) is 14.9 Å². The van der Waals surface area contributed by atoms with E-state index in [0.29, 0.717) is 24.2 Å². The fourth-order valence-corrected chi connectivity index (χ4v) is 4.65. The first-order chi connectivity index (χ1) is 12.1. The highest BCUT2D eigenvalue weighted by molar-refractivity contribution is 7.91. The van der Waals surface area contributed by atoms with Crippen LogP contribution in [0.5, 0.6) is 0 Å². The quantitative estimate of drug-likeness (QED) is 0.793. The summed E-state index contributed by atoms with van der Waals surface area (Å²) >= 11 is 0. The van der Waals surface area contributed by atoms with Crippen molar-refractivity contribution in [1.82, 2.24) is 14.7 Å². The molecule has 0 atom stereocenters. The van der Waals surface area contributed by atoms with Crippen molar-refractivity contribution in [2.75, 3.05) is 13.1 Å². The Balaban J connectivity index is 2.61. The van der Waals surface area contributed by atoms with E-state index in [2.05, 4.69) is 5.10 Å². The molecule has 0 saturated heterocycles. The monoisotopic (exact) mass is 381 g/mol. The number of aryl methyl sites for hydroxylation is 1. The molecule has 0 saturated carbocycles. The number of hydrogen-bond acceptors (Lipinski definition) is 4. The minimum Gasteiger partial charge on any atom is -0.323 e. The summed E-state index contributed by atoms with van der Waals surface area (Å²) in [5.74, 6) is -1.11. The number of nitrogens with zero attached hydrogens (tertiary/aromatic N) is 3. The second-order valence-electron chi connectivity index (χ2n) is 6.33. The van der Waals surface area contributed by atoms with Crippen molar-refractivity contribution in [3.05, 3.63) is 41.3 Å². The molecule has 0 unspecified atom stereocenters. The predicted molar refractivity (Wildman–Crippen MR) is 96.6 cm³/mol. The van der Waals surface area contributed by atoms with Crippen LogP contribution in [0.25, 0.3) is 0 Å². The number of benzene rings is 1. The van der Waals surface area contributed by atoms with Crippen molar-refractivity contribution in [3.8, 4) is 0 Å². The van der Waals surface area contributed by atoms with Crippen LogP contribution in [0.15, 0.2) is 34.3 Å². The smallest absolute Gasteiger partial charge is 0.323 e. The molecular weight excluding hydrogens is 357 g/mol. The summed E-state index contributed by atoms with van der Waals surface area (Å²) in [5.41, 5.74) is 1.11. The number of carbonyl (C=O) groups is 1. The van der Waals surface area contributed by atoms with E-state index in [1.807, 2.05) is 13.8 Å². The number of hydrogen-bond donors (Lipinski definition) is 0. The summed E-state index contributed by atoms with van der Waals surface area (Å²) in [4.78, 5) is 13.8. The van der Waals surface area contributed by atoms with Gasteiger partial charge < -0.3 is 4.90 Å². The second kappa shape index (κ2) is 7.57. The van der Waals surface area contributed by atoms with Gasteiger partial charge >= 0.3 is 6.03 Å². The standard InChI is InChI=1S/C18H24FN3O3S/c1-6-21(7-2)18(23)22-11-15(19)17(20-22)26(24,25)16-13(5)9-8-10-14(16)12(3)4/h8-12H,6-7H2,1-5H3. The van der Waals surface area contributed by atoms with E-state index in [1.165, 1.54) is 4.90 Å². The van der Waals surface area contributed by atoms with Crippen LogP contribution >= 0.6 is 0 Å². The first-order valence-corrected chi connectivity index (χ1v) is 10.0. The lowest BCUT2D eigenvalue weighted by Gasteiger charge is -2.17. The Morgan fingerprint density at radius 1 is 1.27 bits per heavy atom. The maximum Gasteiger partial charge on any atom is 0.344 e. The summed E-state index contributed by atoms with van der Waals surface area (Å²) in [5, 5.41) is 3.05. The molecule has 0 bridgehead atoms. The van der Waals surface area contributed by atoms with Crippen molar-refractivity contribution in [1.29, 1.82) is 0 Å². The molecule has 1 aromatic heterocycles. The summed E-state index contributed by atoms with van der Waals surface area (Å²) in [7, 11) is -4.21. The molecule has 26 heavy (non-hydrogen) atoms. The highest BCUT2D eigenvalue weighted by atomic mass is 32.2. The Labute approximate surface area is 153 Å². The maximum absolute atomic E-state index is 14.5. The Hall–Kier alpha value is -2.22. The van der Waals surface area contributed by atoms with E-state index in [4.69, 9.17) is 0 Å². The molecule has 1 amide bonds. The van der Waals surface area contributed by atoms with Gasteiger partial charge in [0.05, 0.1) is 11.1 Å². The molecular formula is C18H24FN3O3S.